The molecule has 0 spiro atoms. The molecule has 1 atom stereocenters. The number of esters is 1. The third-order valence-electron chi connectivity index (χ3n) is 3.45. The molecular weight excluding hydrogens is 387 g/mol. The molecule has 25 heavy (non-hydrogen) atoms. The Hall–Kier alpha value is -1.83. The number of carbonyl (C=O) groups excluding carboxylic acids is 2. The number of nitrogens with one attached hydrogen (secondary N) is 1. The highest BCUT2D eigenvalue weighted by Crippen LogP contribution is 2.25. The second kappa shape index (κ2) is 8.51. The highest BCUT2D eigenvalue weighted by Gasteiger charge is 2.14. The van der Waals surface area contributed by atoms with Crippen LogP contribution in [0.3, 0.4) is 0 Å². The maximum Gasteiger partial charge on any atom is 0.326 e. The molecule has 2 rings (SSSR count). The standard InChI is InChI=1S/C16H16Cl2N2O4S/c1-9-8-25-16(23)20(9)6-15(22)24-7-14(21)19-10(2)11-3-4-12(17)13(18)5-11/h3-5,8,10H,6-7H2,1-2H3,(H,19,21)/t10-/m0/s1. The van der Waals surface area contributed by atoms with Crippen LogP contribution in [0.15, 0.2) is 28.4 Å². The SMILES string of the molecule is Cc1csc(=O)n1CC(=O)OCC(=O)N[C@@H](C)c1ccc(Cl)c(Cl)c1. The average Bonchev–Trinajstić information content (AvgIpc) is 2.87. The Kier molecular flexibility index (Phi) is 6.64. The van der Waals surface area contributed by atoms with Gasteiger partial charge in [0, 0.05) is 11.1 Å². The summed E-state index contributed by atoms with van der Waals surface area (Å²) in [5.74, 6) is -1.11. The van der Waals surface area contributed by atoms with Crippen LogP contribution in [-0.4, -0.2) is 23.1 Å². The number of rotatable bonds is 6. The van der Waals surface area contributed by atoms with Crippen molar-refractivity contribution >= 4 is 46.4 Å². The lowest BCUT2D eigenvalue weighted by molar-refractivity contribution is -0.149. The fourth-order valence-electron chi connectivity index (χ4n) is 2.07. The summed E-state index contributed by atoms with van der Waals surface area (Å²) in [5.41, 5.74) is 1.44. The Labute approximate surface area is 158 Å². The Morgan fingerprint density at radius 1 is 1.32 bits per heavy atom. The van der Waals surface area contributed by atoms with Crippen LogP contribution < -0.4 is 10.2 Å². The zero-order chi connectivity index (χ0) is 18.6. The predicted octanol–water partition coefficient (Wildman–Crippen LogP) is 2.95. The Morgan fingerprint density at radius 2 is 2.04 bits per heavy atom. The van der Waals surface area contributed by atoms with Gasteiger partial charge < -0.3 is 10.1 Å². The Balaban J connectivity index is 1.84. The third kappa shape index (κ3) is 5.32. The van der Waals surface area contributed by atoms with E-state index in [1.807, 2.05) is 0 Å². The molecule has 1 N–H and O–H groups in total. The molecule has 1 aromatic carbocycles. The first-order valence-corrected chi connectivity index (χ1v) is 8.96. The fraction of sp³-hybridized carbons (Fsp3) is 0.312. The molecule has 0 saturated carbocycles. The van der Waals surface area contributed by atoms with Crippen LogP contribution in [0.1, 0.15) is 24.2 Å². The van der Waals surface area contributed by atoms with Gasteiger partial charge in [-0.15, -0.1) is 0 Å². The molecule has 0 aliphatic heterocycles. The first-order valence-electron chi connectivity index (χ1n) is 7.32. The monoisotopic (exact) mass is 402 g/mol. The quantitative estimate of drug-likeness (QED) is 0.753. The lowest BCUT2D eigenvalue weighted by Gasteiger charge is -2.15. The molecule has 0 aliphatic carbocycles. The van der Waals surface area contributed by atoms with E-state index in [9.17, 15) is 14.4 Å². The van der Waals surface area contributed by atoms with Crippen molar-refractivity contribution in [3.05, 3.63) is 54.5 Å². The summed E-state index contributed by atoms with van der Waals surface area (Å²) in [6.45, 7) is 2.84. The van der Waals surface area contributed by atoms with Crippen LogP contribution in [0.25, 0.3) is 0 Å². The summed E-state index contributed by atoms with van der Waals surface area (Å²) in [5, 5.41) is 5.17. The van der Waals surface area contributed by atoms with E-state index in [2.05, 4.69) is 5.32 Å². The molecule has 0 unspecified atom stereocenters. The summed E-state index contributed by atoms with van der Waals surface area (Å²) in [6.07, 6.45) is 0. The Bertz CT molecular complexity index is 847. The molecule has 6 nitrogen and oxygen atoms in total. The molecule has 0 bridgehead atoms. The summed E-state index contributed by atoms with van der Waals surface area (Å²) in [7, 11) is 0. The Morgan fingerprint density at radius 3 is 2.64 bits per heavy atom. The lowest BCUT2D eigenvalue weighted by Crippen LogP contribution is -2.32. The third-order valence-corrected chi connectivity index (χ3v) is 5.07. The van der Waals surface area contributed by atoms with Crippen molar-refractivity contribution in [2.75, 3.05) is 6.61 Å². The topological polar surface area (TPSA) is 77.4 Å². The van der Waals surface area contributed by atoms with Gasteiger partial charge >= 0.3 is 10.8 Å². The maximum atomic E-state index is 11.9. The highest BCUT2D eigenvalue weighted by atomic mass is 35.5. The number of benzene rings is 1. The minimum absolute atomic E-state index is 0.218. The fourth-order valence-corrected chi connectivity index (χ4v) is 3.11. The van der Waals surface area contributed by atoms with E-state index < -0.39 is 18.5 Å². The second-order valence-corrected chi connectivity index (χ2v) is 6.99. The molecule has 0 saturated heterocycles. The number of thiazole rings is 1. The van der Waals surface area contributed by atoms with Crippen LogP contribution in [0.5, 0.6) is 0 Å². The van der Waals surface area contributed by atoms with Gasteiger partial charge in [0.25, 0.3) is 5.91 Å². The van der Waals surface area contributed by atoms with Crippen molar-refractivity contribution in [1.29, 1.82) is 0 Å². The zero-order valence-electron chi connectivity index (χ0n) is 13.5. The number of ether oxygens (including phenoxy) is 1. The van der Waals surface area contributed by atoms with Crippen LogP contribution in [0.4, 0.5) is 0 Å². The van der Waals surface area contributed by atoms with Crippen molar-refractivity contribution < 1.29 is 14.3 Å². The van der Waals surface area contributed by atoms with Gasteiger partial charge in [-0.1, -0.05) is 40.6 Å². The summed E-state index contributed by atoms with van der Waals surface area (Å²) < 4.78 is 6.21. The number of aryl methyl sites for hydroxylation is 1. The van der Waals surface area contributed by atoms with Gasteiger partial charge in [-0.3, -0.25) is 19.0 Å². The van der Waals surface area contributed by atoms with Gasteiger partial charge in [-0.2, -0.15) is 0 Å². The van der Waals surface area contributed by atoms with Crippen LogP contribution >= 0.6 is 34.5 Å². The van der Waals surface area contributed by atoms with Gasteiger partial charge in [-0.25, -0.2) is 0 Å². The van der Waals surface area contributed by atoms with Crippen molar-refractivity contribution in [1.82, 2.24) is 9.88 Å². The van der Waals surface area contributed by atoms with E-state index in [-0.39, 0.29) is 17.5 Å². The van der Waals surface area contributed by atoms with Crippen molar-refractivity contribution in [2.45, 2.75) is 26.4 Å². The van der Waals surface area contributed by atoms with Gasteiger partial charge in [0.1, 0.15) is 6.54 Å². The number of hydrogen-bond donors (Lipinski definition) is 1. The van der Waals surface area contributed by atoms with E-state index >= 15 is 0 Å². The van der Waals surface area contributed by atoms with E-state index in [1.54, 1.807) is 37.4 Å². The molecule has 0 fully saturated rings. The number of nitrogens with zero attached hydrogens (tertiary/aromatic N) is 1. The number of aromatic nitrogens is 1. The molecular formula is C16H16Cl2N2O4S. The van der Waals surface area contributed by atoms with E-state index in [0.29, 0.717) is 15.7 Å². The predicted molar refractivity (Wildman–Crippen MR) is 97.3 cm³/mol. The van der Waals surface area contributed by atoms with Crippen LogP contribution in [0.2, 0.25) is 10.0 Å². The smallest absolute Gasteiger partial charge is 0.326 e. The lowest BCUT2D eigenvalue weighted by atomic mass is 10.1. The largest absolute Gasteiger partial charge is 0.454 e. The summed E-state index contributed by atoms with van der Waals surface area (Å²) in [4.78, 5) is 35.0. The number of amides is 1. The van der Waals surface area contributed by atoms with Crippen LogP contribution in [-0.2, 0) is 20.9 Å². The molecule has 9 heteroatoms. The average molecular weight is 403 g/mol. The molecule has 1 amide bonds. The van der Waals surface area contributed by atoms with Crippen molar-refractivity contribution in [3.8, 4) is 0 Å². The van der Waals surface area contributed by atoms with Gasteiger partial charge in [0.15, 0.2) is 6.61 Å². The first-order chi connectivity index (χ1) is 11.8. The molecule has 0 radical (unpaired) electrons. The minimum Gasteiger partial charge on any atom is -0.454 e. The summed E-state index contributed by atoms with van der Waals surface area (Å²) in [6, 6.07) is 4.72. The number of hydrogen-bond acceptors (Lipinski definition) is 5. The van der Waals surface area contributed by atoms with E-state index in [1.165, 1.54) is 4.57 Å². The second-order valence-electron chi connectivity index (χ2n) is 5.35. The maximum absolute atomic E-state index is 11.9. The van der Waals surface area contributed by atoms with Gasteiger partial charge in [0.2, 0.25) is 0 Å². The van der Waals surface area contributed by atoms with Crippen molar-refractivity contribution in [2.24, 2.45) is 0 Å². The number of halogens is 2. The highest BCUT2D eigenvalue weighted by molar-refractivity contribution is 7.07. The zero-order valence-corrected chi connectivity index (χ0v) is 15.9. The minimum atomic E-state index is -0.652. The van der Waals surface area contributed by atoms with E-state index in [0.717, 1.165) is 16.9 Å². The van der Waals surface area contributed by atoms with Crippen molar-refractivity contribution in [3.63, 3.8) is 0 Å². The normalized spacial score (nSPS) is 11.8. The van der Waals surface area contributed by atoms with E-state index in [4.69, 9.17) is 27.9 Å². The van der Waals surface area contributed by atoms with Gasteiger partial charge in [-0.05, 0) is 31.5 Å². The molecule has 1 aromatic heterocycles. The molecule has 134 valence electrons. The molecule has 0 aliphatic rings. The summed E-state index contributed by atoms with van der Waals surface area (Å²) >= 11 is 12.8. The number of carbonyl (C=O) groups is 2. The first kappa shape index (κ1) is 19.5. The molecule has 1 heterocycles. The van der Waals surface area contributed by atoms with Crippen LogP contribution in [0, 0.1) is 6.92 Å². The molecule has 2 aromatic rings. The van der Waals surface area contributed by atoms with Gasteiger partial charge in [0.05, 0.1) is 16.1 Å².